The molecule has 2 aromatic heterocycles. The Bertz CT molecular complexity index is 737. The topological polar surface area (TPSA) is 30.2 Å². The van der Waals surface area contributed by atoms with E-state index in [-0.39, 0.29) is 0 Å². The zero-order valence-corrected chi connectivity index (χ0v) is 11.2. The Morgan fingerprint density at radius 1 is 0.944 bits per heavy atom. The van der Waals surface area contributed by atoms with Crippen LogP contribution in [0.25, 0.3) is 16.9 Å². The Labute approximate surface area is 118 Å². The molecular weight excluding hydrogens is 293 g/mol. The largest absolute Gasteiger partial charge is 0.235 e. The second-order valence-corrected chi connectivity index (χ2v) is 4.90. The molecule has 3 rings (SSSR count). The molecule has 0 amide bonds. The third-order valence-corrected chi connectivity index (χ3v) is 3.49. The molecule has 0 aliphatic heterocycles. The lowest BCUT2D eigenvalue weighted by Crippen LogP contribution is -1.94. The molecule has 3 aromatic rings. The van der Waals surface area contributed by atoms with Gasteiger partial charge in [-0.2, -0.15) is 5.10 Å². The van der Waals surface area contributed by atoms with E-state index >= 15 is 0 Å². The van der Waals surface area contributed by atoms with Crippen LogP contribution in [0.15, 0.2) is 36.5 Å². The summed E-state index contributed by atoms with van der Waals surface area (Å²) >= 11 is 17.8. The van der Waals surface area contributed by atoms with Gasteiger partial charge in [-0.15, -0.1) is 0 Å². The van der Waals surface area contributed by atoms with Gasteiger partial charge in [0, 0.05) is 5.56 Å². The molecule has 0 radical (unpaired) electrons. The van der Waals surface area contributed by atoms with Gasteiger partial charge in [0.15, 0.2) is 5.65 Å². The maximum Gasteiger partial charge on any atom is 0.154 e. The number of fused-ring (bicyclic) bond motifs is 1. The molecule has 6 heteroatoms. The minimum absolute atomic E-state index is 0.404. The molecule has 0 saturated carbocycles. The quantitative estimate of drug-likeness (QED) is 0.668. The smallest absolute Gasteiger partial charge is 0.154 e. The predicted octanol–water partition coefficient (Wildman–Crippen LogP) is 4.36. The van der Waals surface area contributed by atoms with Gasteiger partial charge in [0.2, 0.25) is 0 Å². The van der Waals surface area contributed by atoms with Crippen LogP contribution in [-0.4, -0.2) is 14.6 Å². The van der Waals surface area contributed by atoms with Gasteiger partial charge in [-0.3, -0.25) is 0 Å². The first-order valence-corrected chi connectivity index (χ1v) is 6.24. The molecule has 0 aliphatic rings. The van der Waals surface area contributed by atoms with E-state index in [1.807, 2.05) is 6.07 Å². The number of nitrogens with zero attached hydrogens (tertiary/aromatic N) is 3. The molecule has 3 nitrogen and oxygen atoms in total. The molecule has 0 fully saturated rings. The van der Waals surface area contributed by atoms with Crippen LogP contribution in [-0.2, 0) is 0 Å². The molecule has 2 heterocycles. The zero-order chi connectivity index (χ0) is 12.7. The van der Waals surface area contributed by atoms with Crippen molar-refractivity contribution in [2.24, 2.45) is 0 Å². The van der Waals surface area contributed by atoms with Crippen LogP contribution in [0.3, 0.4) is 0 Å². The summed E-state index contributed by atoms with van der Waals surface area (Å²) < 4.78 is 1.67. The van der Waals surface area contributed by atoms with Crippen LogP contribution >= 0.6 is 34.8 Å². The highest BCUT2D eigenvalue weighted by molar-refractivity contribution is 6.42. The number of rotatable bonds is 1. The second-order valence-electron chi connectivity index (χ2n) is 3.70. The standard InChI is InChI=1S/C12H6Cl3N3/c13-8-2-1-7(5-9(8)14)10-6-16-12-4-3-11(15)17-18(10)12/h1-6H. The lowest BCUT2D eigenvalue weighted by molar-refractivity contribution is 0.943. The Morgan fingerprint density at radius 2 is 1.78 bits per heavy atom. The van der Waals surface area contributed by atoms with Crippen LogP contribution in [0.5, 0.6) is 0 Å². The highest BCUT2D eigenvalue weighted by atomic mass is 35.5. The SMILES string of the molecule is Clc1ccc2ncc(-c3ccc(Cl)c(Cl)c3)n2n1. The molecule has 90 valence electrons. The molecule has 0 aliphatic carbocycles. The van der Waals surface area contributed by atoms with Crippen LogP contribution < -0.4 is 0 Å². The van der Waals surface area contributed by atoms with Crippen molar-refractivity contribution >= 4 is 40.4 Å². The summed E-state index contributed by atoms with van der Waals surface area (Å²) in [6.45, 7) is 0. The molecular formula is C12H6Cl3N3. The predicted molar refractivity (Wildman–Crippen MR) is 73.5 cm³/mol. The Balaban J connectivity index is 2.24. The lowest BCUT2D eigenvalue weighted by Gasteiger charge is -2.03. The van der Waals surface area contributed by atoms with Gasteiger partial charge in [-0.25, -0.2) is 9.50 Å². The van der Waals surface area contributed by atoms with Crippen molar-refractivity contribution < 1.29 is 0 Å². The van der Waals surface area contributed by atoms with Crippen LogP contribution in [0, 0.1) is 0 Å². The van der Waals surface area contributed by atoms with Gasteiger partial charge in [-0.1, -0.05) is 40.9 Å². The van der Waals surface area contributed by atoms with Gasteiger partial charge in [0.05, 0.1) is 21.9 Å². The summed E-state index contributed by atoms with van der Waals surface area (Å²) in [5.41, 5.74) is 2.42. The fourth-order valence-electron chi connectivity index (χ4n) is 1.70. The van der Waals surface area contributed by atoms with E-state index in [0.717, 1.165) is 16.9 Å². The highest BCUT2D eigenvalue weighted by Crippen LogP contribution is 2.28. The van der Waals surface area contributed by atoms with Gasteiger partial charge in [-0.05, 0) is 24.3 Å². The number of aromatic nitrogens is 3. The molecule has 0 saturated heterocycles. The van der Waals surface area contributed by atoms with Crippen molar-refractivity contribution in [3.8, 4) is 11.3 Å². The molecule has 0 N–H and O–H groups in total. The number of halogens is 3. The van der Waals surface area contributed by atoms with E-state index in [4.69, 9.17) is 34.8 Å². The summed E-state index contributed by atoms with van der Waals surface area (Å²) in [4.78, 5) is 4.25. The van der Waals surface area contributed by atoms with E-state index in [0.29, 0.717) is 15.2 Å². The van der Waals surface area contributed by atoms with Crippen molar-refractivity contribution in [2.45, 2.75) is 0 Å². The van der Waals surface area contributed by atoms with E-state index in [2.05, 4.69) is 10.1 Å². The average molecular weight is 299 g/mol. The number of benzene rings is 1. The molecule has 0 atom stereocenters. The molecule has 0 unspecified atom stereocenters. The normalized spacial score (nSPS) is 11.1. The van der Waals surface area contributed by atoms with Crippen molar-refractivity contribution in [3.05, 3.63) is 51.7 Å². The zero-order valence-electron chi connectivity index (χ0n) is 8.94. The first-order chi connectivity index (χ1) is 8.65. The average Bonchev–Trinajstić information content (AvgIpc) is 2.75. The second kappa shape index (κ2) is 4.43. The van der Waals surface area contributed by atoms with Crippen LogP contribution in [0.1, 0.15) is 0 Å². The van der Waals surface area contributed by atoms with Crippen molar-refractivity contribution in [1.82, 2.24) is 14.6 Å². The summed E-state index contributed by atoms with van der Waals surface area (Å²) in [5.74, 6) is 0. The van der Waals surface area contributed by atoms with E-state index in [9.17, 15) is 0 Å². The Hall–Kier alpha value is -1.29. The number of imidazole rings is 1. The van der Waals surface area contributed by atoms with Gasteiger partial charge >= 0.3 is 0 Å². The maximum atomic E-state index is 6.01. The van der Waals surface area contributed by atoms with Gasteiger partial charge in [0.1, 0.15) is 5.15 Å². The maximum absolute atomic E-state index is 6.01. The molecule has 1 aromatic carbocycles. The van der Waals surface area contributed by atoms with E-state index in [1.54, 1.807) is 35.0 Å². The summed E-state index contributed by atoms with van der Waals surface area (Å²) in [6.07, 6.45) is 1.72. The van der Waals surface area contributed by atoms with Crippen molar-refractivity contribution in [2.75, 3.05) is 0 Å². The highest BCUT2D eigenvalue weighted by Gasteiger charge is 2.09. The van der Waals surface area contributed by atoms with Crippen LogP contribution in [0.2, 0.25) is 15.2 Å². The fraction of sp³-hybridized carbons (Fsp3) is 0. The van der Waals surface area contributed by atoms with Gasteiger partial charge in [0.25, 0.3) is 0 Å². The van der Waals surface area contributed by atoms with E-state index in [1.165, 1.54) is 0 Å². The molecule has 18 heavy (non-hydrogen) atoms. The molecule has 0 spiro atoms. The van der Waals surface area contributed by atoms with Crippen molar-refractivity contribution in [3.63, 3.8) is 0 Å². The molecule has 0 bridgehead atoms. The summed E-state index contributed by atoms with van der Waals surface area (Å²) in [6, 6.07) is 8.87. The lowest BCUT2D eigenvalue weighted by atomic mass is 10.2. The first-order valence-electron chi connectivity index (χ1n) is 5.11. The number of hydrogen-bond acceptors (Lipinski definition) is 2. The van der Waals surface area contributed by atoms with Crippen LogP contribution in [0.4, 0.5) is 0 Å². The monoisotopic (exact) mass is 297 g/mol. The third kappa shape index (κ3) is 1.94. The Morgan fingerprint density at radius 3 is 2.56 bits per heavy atom. The first kappa shape index (κ1) is 11.8. The van der Waals surface area contributed by atoms with Gasteiger partial charge < -0.3 is 0 Å². The summed E-state index contributed by atoms with van der Waals surface area (Å²) in [5, 5.41) is 5.62. The number of hydrogen-bond donors (Lipinski definition) is 0. The Kier molecular flexibility index (Phi) is 2.90. The summed E-state index contributed by atoms with van der Waals surface area (Å²) in [7, 11) is 0. The minimum atomic E-state index is 0.404. The van der Waals surface area contributed by atoms with E-state index < -0.39 is 0 Å². The third-order valence-electron chi connectivity index (χ3n) is 2.55. The fourth-order valence-corrected chi connectivity index (χ4v) is 2.14. The van der Waals surface area contributed by atoms with Crippen molar-refractivity contribution in [1.29, 1.82) is 0 Å². The minimum Gasteiger partial charge on any atom is -0.235 e.